The highest BCUT2D eigenvalue weighted by Gasteiger charge is 2.06. The molecular weight excluding hydrogens is 258 g/mol. The molecule has 1 amide bonds. The first kappa shape index (κ1) is 14.4. The molecule has 1 aromatic rings. The molecule has 0 bridgehead atoms. The molecule has 0 aromatic carbocycles. The maximum atomic E-state index is 11.6. The van der Waals surface area contributed by atoms with Crippen LogP contribution in [0, 0.1) is 0 Å². The van der Waals surface area contributed by atoms with Gasteiger partial charge in [0, 0.05) is 32.4 Å². The van der Waals surface area contributed by atoms with Crippen molar-refractivity contribution in [1.82, 2.24) is 14.6 Å². The van der Waals surface area contributed by atoms with Crippen molar-refractivity contribution >= 4 is 15.9 Å². The number of hydrogen-bond donors (Lipinski definition) is 2. The van der Waals surface area contributed by atoms with Crippen molar-refractivity contribution in [2.24, 2.45) is 7.05 Å². The van der Waals surface area contributed by atoms with Crippen LogP contribution in [0.4, 0.5) is 0 Å². The Hall–Kier alpha value is -1.67. The molecule has 8 heteroatoms. The van der Waals surface area contributed by atoms with E-state index in [1.807, 2.05) is 0 Å². The molecule has 0 fully saturated rings. The number of aryl methyl sites for hydroxylation is 1. The summed E-state index contributed by atoms with van der Waals surface area (Å²) in [6, 6.07) is 2.71. The zero-order valence-corrected chi connectivity index (χ0v) is 11.0. The SMILES string of the molecule is Cn1cc(C(=O)NCCNS(C)(=O)=O)ccc1=O. The molecule has 1 rings (SSSR count). The lowest BCUT2D eigenvalue weighted by molar-refractivity contribution is 0.0953. The summed E-state index contributed by atoms with van der Waals surface area (Å²) in [5.74, 6) is -0.360. The molecule has 18 heavy (non-hydrogen) atoms. The number of aromatic nitrogens is 1. The molecule has 7 nitrogen and oxygen atoms in total. The van der Waals surface area contributed by atoms with Crippen LogP contribution in [0.3, 0.4) is 0 Å². The van der Waals surface area contributed by atoms with E-state index in [1.54, 1.807) is 7.05 Å². The lowest BCUT2D eigenvalue weighted by atomic mass is 10.2. The van der Waals surface area contributed by atoms with Crippen molar-refractivity contribution < 1.29 is 13.2 Å². The van der Waals surface area contributed by atoms with Gasteiger partial charge in [-0.1, -0.05) is 0 Å². The van der Waals surface area contributed by atoms with Gasteiger partial charge in [-0.3, -0.25) is 9.59 Å². The standard InChI is InChI=1S/C10H15N3O4S/c1-13-7-8(3-4-9(13)14)10(15)11-5-6-12-18(2,16)17/h3-4,7,12H,5-6H2,1-2H3,(H,11,15). The van der Waals surface area contributed by atoms with Crippen LogP contribution in [-0.2, 0) is 17.1 Å². The van der Waals surface area contributed by atoms with Crippen molar-refractivity contribution in [1.29, 1.82) is 0 Å². The average Bonchev–Trinajstić information content (AvgIpc) is 2.26. The number of pyridine rings is 1. The number of amides is 1. The van der Waals surface area contributed by atoms with Gasteiger partial charge in [-0.25, -0.2) is 13.1 Å². The minimum absolute atomic E-state index is 0.121. The average molecular weight is 273 g/mol. The van der Waals surface area contributed by atoms with Gasteiger partial charge in [0.2, 0.25) is 15.6 Å². The first-order valence-electron chi connectivity index (χ1n) is 5.19. The van der Waals surface area contributed by atoms with Crippen molar-refractivity contribution in [2.45, 2.75) is 0 Å². The maximum absolute atomic E-state index is 11.6. The van der Waals surface area contributed by atoms with Gasteiger partial charge < -0.3 is 9.88 Å². The van der Waals surface area contributed by atoms with Crippen molar-refractivity contribution in [3.63, 3.8) is 0 Å². The van der Waals surface area contributed by atoms with Gasteiger partial charge >= 0.3 is 0 Å². The van der Waals surface area contributed by atoms with Crippen LogP contribution in [-0.4, -0.2) is 38.2 Å². The highest BCUT2D eigenvalue weighted by atomic mass is 32.2. The van der Waals surface area contributed by atoms with Gasteiger partial charge in [-0.2, -0.15) is 0 Å². The van der Waals surface area contributed by atoms with E-state index in [0.717, 1.165) is 6.26 Å². The first-order chi connectivity index (χ1) is 8.29. The molecule has 1 aromatic heterocycles. The zero-order chi connectivity index (χ0) is 13.8. The lowest BCUT2D eigenvalue weighted by Crippen LogP contribution is -2.34. The molecule has 0 saturated carbocycles. The van der Waals surface area contributed by atoms with Crippen LogP contribution in [0.2, 0.25) is 0 Å². The minimum Gasteiger partial charge on any atom is -0.351 e. The Kier molecular flexibility index (Phi) is 4.62. The second kappa shape index (κ2) is 5.78. The summed E-state index contributed by atoms with van der Waals surface area (Å²) in [5, 5.41) is 2.54. The molecule has 0 radical (unpaired) electrons. The van der Waals surface area contributed by atoms with Crippen molar-refractivity contribution in [2.75, 3.05) is 19.3 Å². The van der Waals surface area contributed by atoms with E-state index in [0.29, 0.717) is 5.56 Å². The van der Waals surface area contributed by atoms with Crippen LogP contribution in [0.25, 0.3) is 0 Å². The fraction of sp³-hybridized carbons (Fsp3) is 0.400. The fourth-order valence-electron chi connectivity index (χ4n) is 1.24. The summed E-state index contributed by atoms with van der Waals surface area (Å²) in [4.78, 5) is 22.7. The Morgan fingerprint density at radius 2 is 2.00 bits per heavy atom. The molecule has 0 saturated heterocycles. The van der Waals surface area contributed by atoms with Gasteiger partial charge in [0.15, 0.2) is 0 Å². The number of carbonyl (C=O) groups is 1. The third-order valence-corrected chi connectivity index (χ3v) is 2.85. The van der Waals surface area contributed by atoms with Gasteiger partial charge in [0.25, 0.3) is 5.91 Å². The van der Waals surface area contributed by atoms with Crippen LogP contribution < -0.4 is 15.6 Å². The van der Waals surface area contributed by atoms with Gasteiger partial charge in [0.1, 0.15) is 0 Å². The Balaban J connectivity index is 2.51. The second-order valence-corrected chi connectivity index (χ2v) is 5.62. The number of nitrogens with zero attached hydrogens (tertiary/aromatic N) is 1. The Bertz CT molecular complexity index is 591. The predicted molar refractivity (Wildman–Crippen MR) is 66.9 cm³/mol. The van der Waals surface area contributed by atoms with E-state index in [2.05, 4.69) is 10.0 Å². The largest absolute Gasteiger partial charge is 0.351 e. The Labute approximate surface area is 105 Å². The van der Waals surface area contributed by atoms with E-state index in [4.69, 9.17) is 0 Å². The van der Waals surface area contributed by atoms with E-state index in [1.165, 1.54) is 22.9 Å². The molecule has 0 unspecified atom stereocenters. The van der Waals surface area contributed by atoms with Crippen molar-refractivity contribution in [3.05, 3.63) is 34.2 Å². The number of hydrogen-bond acceptors (Lipinski definition) is 4. The molecule has 2 N–H and O–H groups in total. The van der Waals surface area contributed by atoms with E-state index < -0.39 is 10.0 Å². The Morgan fingerprint density at radius 3 is 2.56 bits per heavy atom. The summed E-state index contributed by atoms with van der Waals surface area (Å²) in [6.45, 7) is 0.297. The molecule has 0 aliphatic rings. The summed E-state index contributed by atoms with van der Waals surface area (Å²) in [7, 11) is -1.70. The normalized spacial score (nSPS) is 11.2. The van der Waals surface area contributed by atoms with Gasteiger partial charge in [-0.05, 0) is 6.07 Å². The minimum atomic E-state index is -3.25. The fourth-order valence-corrected chi connectivity index (χ4v) is 1.72. The molecule has 0 spiro atoms. The van der Waals surface area contributed by atoms with Gasteiger partial charge in [0.05, 0.1) is 11.8 Å². The highest BCUT2D eigenvalue weighted by Crippen LogP contribution is 1.94. The second-order valence-electron chi connectivity index (χ2n) is 3.79. The zero-order valence-electron chi connectivity index (χ0n) is 10.1. The topological polar surface area (TPSA) is 97.3 Å². The number of nitrogens with one attached hydrogen (secondary N) is 2. The van der Waals surface area contributed by atoms with E-state index >= 15 is 0 Å². The lowest BCUT2D eigenvalue weighted by Gasteiger charge is -2.06. The molecule has 0 aliphatic carbocycles. The third kappa shape index (κ3) is 4.68. The smallest absolute Gasteiger partial charge is 0.252 e. The van der Waals surface area contributed by atoms with Gasteiger partial charge in [-0.15, -0.1) is 0 Å². The molecule has 100 valence electrons. The molecule has 0 atom stereocenters. The van der Waals surface area contributed by atoms with E-state index in [9.17, 15) is 18.0 Å². The summed E-state index contributed by atoms with van der Waals surface area (Å²) in [6.07, 6.45) is 2.46. The molecule has 0 aliphatic heterocycles. The number of sulfonamides is 1. The summed E-state index contributed by atoms with van der Waals surface area (Å²) >= 11 is 0. The summed E-state index contributed by atoms with van der Waals surface area (Å²) < 4.78 is 25.1. The predicted octanol–water partition coefficient (Wildman–Crippen LogP) is -1.34. The van der Waals surface area contributed by atoms with Crippen LogP contribution in [0.15, 0.2) is 23.1 Å². The molecule has 1 heterocycles. The van der Waals surface area contributed by atoms with Crippen LogP contribution in [0.5, 0.6) is 0 Å². The Morgan fingerprint density at radius 1 is 1.33 bits per heavy atom. The molecular formula is C10H15N3O4S. The number of carbonyl (C=O) groups excluding carboxylic acids is 1. The van der Waals surface area contributed by atoms with E-state index in [-0.39, 0.29) is 24.6 Å². The van der Waals surface area contributed by atoms with Crippen LogP contribution in [0.1, 0.15) is 10.4 Å². The maximum Gasteiger partial charge on any atom is 0.252 e. The number of rotatable bonds is 5. The van der Waals surface area contributed by atoms with Crippen LogP contribution >= 0.6 is 0 Å². The van der Waals surface area contributed by atoms with Crippen molar-refractivity contribution in [3.8, 4) is 0 Å². The monoisotopic (exact) mass is 273 g/mol. The highest BCUT2D eigenvalue weighted by molar-refractivity contribution is 7.88. The quantitative estimate of drug-likeness (QED) is 0.649. The summed E-state index contributed by atoms with van der Waals surface area (Å²) in [5.41, 5.74) is 0.141. The third-order valence-electron chi connectivity index (χ3n) is 2.12. The first-order valence-corrected chi connectivity index (χ1v) is 7.08.